The largest absolute Gasteiger partial charge is 0.354 e. The molecule has 1 heterocycles. The molecule has 1 aliphatic carbocycles. The third-order valence-corrected chi connectivity index (χ3v) is 5.13. The number of rotatable bonds is 5. The standard InChI is InChI=1S/C17H21N3OS.ClH/c18-17(9-4-5-10-17)16(21)19-11-8-14-12-22-15(20-14)13-6-2-1-3-7-13;/h1-3,6-7,12H,4-5,8-11,18H2,(H,19,21);1H. The van der Waals surface area contributed by atoms with E-state index in [9.17, 15) is 4.79 Å². The number of amides is 1. The molecule has 0 bridgehead atoms. The van der Waals surface area contributed by atoms with Gasteiger partial charge in [0.2, 0.25) is 5.91 Å². The van der Waals surface area contributed by atoms with Gasteiger partial charge in [0.15, 0.2) is 0 Å². The second kappa shape index (κ2) is 7.90. The topological polar surface area (TPSA) is 68.0 Å². The first kappa shape index (κ1) is 17.9. The summed E-state index contributed by atoms with van der Waals surface area (Å²) in [6, 6.07) is 10.1. The van der Waals surface area contributed by atoms with Crippen LogP contribution in [0.5, 0.6) is 0 Å². The molecule has 3 rings (SSSR count). The highest BCUT2D eigenvalue weighted by Gasteiger charge is 2.36. The molecule has 3 N–H and O–H groups in total. The molecule has 23 heavy (non-hydrogen) atoms. The van der Waals surface area contributed by atoms with Gasteiger partial charge in [0.25, 0.3) is 0 Å². The van der Waals surface area contributed by atoms with Gasteiger partial charge in [-0.25, -0.2) is 4.98 Å². The number of aromatic nitrogens is 1. The van der Waals surface area contributed by atoms with Crippen molar-refractivity contribution >= 4 is 29.7 Å². The number of carbonyl (C=O) groups excluding carboxylic acids is 1. The molecule has 0 radical (unpaired) electrons. The number of nitrogens with two attached hydrogens (primary N) is 1. The Hall–Kier alpha value is -1.43. The van der Waals surface area contributed by atoms with Crippen molar-refractivity contribution in [2.75, 3.05) is 6.54 Å². The normalized spacial score (nSPS) is 15.9. The van der Waals surface area contributed by atoms with Crippen LogP contribution in [-0.2, 0) is 11.2 Å². The zero-order valence-corrected chi connectivity index (χ0v) is 14.6. The molecular weight excluding hydrogens is 330 g/mol. The molecule has 0 atom stereocenters. The van der Waals surface area contributed by atoms with Crippen LogP contribution in [0.3, 0.4) is 0 Å². The van der Waals surface area contributed by atoms with Gasteiger partial charge in [0, 0.05) is 23.9 Å². The number of hydrogen-bond donors (Lipinski definition) is 2. The van der Waals surface area contributed by atoms with E-state index >= 15 is 0 Å². The minimum Gasteiger partial charge on any atom is -0.354 e. The Morgan fingerprint density at radius 1 is 1.26 bits per heavy atom. The molecule has 0 spiro atoms. The van der Waals surface area contributed by atoms with E-state index in [4.69, 9.17) is 5.73 Å². The summed E-state index contributed by atoms with van der Waals surface area (Å²) in [5, 5.41) is 6.04. The van der Waals surface area contributed by atoms with Crippen LogP contribution in [0.15, 0.2) is 35.7 Å². The van der Waals surface area contributed by atoms with E-state index in [0.29, 0.717) is 6.54 Å². The van der Waals surface area contributed by atoms with Gasteiger partial charge in [-0.2, -0.15) is 0 Å². The third-order valence-electron chi connectivity index (χ3n) is 4.19. The maximum atomic E-state index is 12.1. The van der Waals surface area contributed by atoms with Crippen molar-refractivity contribution in [1.29, 1.82) is 0 Å². The number of hydrogen-bond acceptors (Lipinski definition) is 4. The molecule has 1 aromatic heterocycles. The molecule has 124 valence electrons. The third kappa shape index (κ3) is 4.31. The highest BCUT2D eigenvalue weighted by molar-refractivity contribution is 7.13. The summed E-state index contributed by atoms with van der Waals surface area (Å²) in [6.07, 6.45) is 4.44. The second-order valence-corrected chi connectivity index (χ2v) is 6.74. The van der Waals surface area contributed by atoms with E-state index in [0.717, 1.165) is 48.4 Å². The number of thiazole rings is 1. The van der Waals surface area contributed by atoms with Gasteiger partial charge < -0.3 is 11.1 Å². The van der Waals surface area contributed by atoms with E-state index in [-0.39, 0.29) is 18.3 Å². The van der Waals surface area contributed by atoms with Gasteiger partial charge in [-0.05, 0) is 12.8 Å². The van der Waals surface area contributed by atoms with Crippen LogP contribution in [0.4, 0.5) is 0 Å². The predicted octanol–water partition coefficient (Wildman–Crippen LogP) is 3.16. The van der Waals surface area contributed by atoms with Gasteiger partial charge >= 0.3 is 0 Å². The molecule has 4 nitrogen and oxygen atoms in total. The maximum Gasteiger partial charge on any atom is 0.240 e. The summed E-state index contributed by atoms with van der Waals surface area (Å²) in [6.45, 7) is 0.593. The summed E-state index contributed by atoms with van der Waals surface area (Å²) < 4.78 is 0. The Labute approximate surface area is 146 Å². The summed E-state index contributed by atoms with van der Waals surface area (Å²) in [5.41, 5.74) is 7.64. The van der Waals surface area contributed by atoms with Crippen LogP contribution in [0.25, 0.3) is 10.6 Å². The first-order valence-corrected chi connectivity index (χ1v) is 8.62. The van der Waals surface area contributed by atoms with Crippen molar-refractivity contribution in [2.24, 2.45) is 5.73 Å². The smallest absolute Gasteiger partial charge is 0.240 e. The van der Waals surface area contributed by atoms with Crippen LogP contribution in [0.1, 0.15) is 31.4 Å². The first-order chi connectivity index (χ1) is 10.7. The van der Waals surface area contributed by atoms with E-state index in [1.807, 2.05) is 18.2 Å². The number of benzene rings is 1. The highest BCUT2D eigenvalue weighted by atomic mass is 35.5. The molecule has 1 aromatic carbocycles. The second-order valence-electron chi connectivity index (χ2n) is 5.88. The molecule has 6 heteroatoms. The van der Waals surface area contributed by atoms with Gasteiger partial charge in [0.1, 0.15) is 5.01 Å². The van der Waals surface area contributed by atoms with E-state index in [2.05, 4.69) is 27.8 Å². The van der Waals surface area contributed by atoms with Crippen LogP contribution < -0.4 is 11.1 Å². The first-order valence-electron chi connectivity index (χ1n) is 7.74. The molecule has 1 amide bonds. The molecule has 0 aliphatic heterocycles. The lowest BCUT2D eigenvalue weighted by molar-refractivity contribution is -0.126. The van der Waals surface area contributed by atoms with Crippen molar-refractivity contribution in [3.63, 3.8) is 0 Å². The SMILES string of the molecule is Cl.NC1(C(=O)NCCc2csc(-c3ccccc3)n2)CCCC1. The van der Waals surface area contributed by atoms with Crippen molar-refractivity contribution in [2.45, 2.75) is 37.6 Å². The van der Waals surface area contributed by atoms with Gasteiger partial charge in [-0.3, -0.25) is 4.79 Å². The summed E-state index contributed by atoms with van der Waals surface area (Å²) >= 11 is 1.64. The van der Waals surface area contributed by atoms with E-state index in [1.54, 1.807) is 11.3 Å². The quantitative estimate of drug-likeness (QED) is 0.869. The zero-order valence-electron chi connectivity index (χ0n) is 13.0. The Bertz CT molecular complexity index is 638. The summed E-state index contributed by atoms with van der Waals surface area (Å²) in [7, 11) is 0. The van der Waals surface area contributed by atoms with Gasteiger partial charge in [0.05, 0.1) is 11.2 Å². The fourth-order valence-electron chi connectivity index (χ4n) is 2.85. The highest BCUT2D eigenvalue weighted by Crippen LogP contribution is 2.27. The van der Waals surface area contributed by atoms with Crippen molar-refractivity contribution in [1.82, 2.24) is 10.3 Å². The monoisotopic (exact) mass is 351 g/mol. The predicted molar refractivity (Wildman–Crippen MR) is 96.9 cm³/mol. The lowest BCUT2D eigenvalue weighted by atomic mass is 9.98. The Balaban J connectivity index is 0.00000192. The number of halogens is 1. The Morgan fingerprint density at radius 2 is 1.96 bits per heavy atom. The molecule has 0 saturated heterocycles. The Morgan fingerprint density at radius 3 is 2.65 bits per heavy atom. The van der Waals surface area contributed by atoms with Crippen LogP contribution in [0, 0.1) is 0 Å². The molecule has 0 unspecified atom stereocenters. The van der Waals surface area contributed by atoms with Crippen LogP contribution in [0.2, 0.25) is 0 Å². The van der Waals surface area contributed by atoms with E-state index < -0.39 is 5.54 Å². The van der Waals surface area contributed by atoms with Crippen LogP contribution in [-0.4, -0.2) is 23.0 Å². The minimum atomic E-state index is -0.642. The van der Waals surface area contributed by atoms with Gasteiger partial charge in [-0.15, -0.1) is 23.7 Å². The van der Waals surface area contributed by atoms with Crippen molar-refractivity contribution in [3.8, 4) is 10.6 Å². The van der Waals surface area contributed by atoms with Crippen LogP contribution >= 0.6 is 23.7 Å². The van der Waals surface area contributed by atoms with Crippen molar-refractivity contribution < 1.29 is 4.79 Å². The lowest BCUT2D eigenvalue weighted by Crippen LogP contribution is -2.52. The van der Waals surface area contributed by atoms with E-state index in [1.165, 1.54) is 0 Å². The molecule has 1 fully saturated rings. The maximum absolute atomic E-state index is 12.1. The minimum absolute atomic E-state index is 0. The number of nitrogens with one attached hydrogen (secondary N) is 1. The van der Waals surface area contributed by atoms with Gasteiger partial charge in [-0.1, -0.05) is 43.2 Å². The molecular formula is C17H22ClN3OS. The fourth-order valence-corrected chi connectivity index (χ4v) is 3.71. The fraction of sp³-hybridized carbons (Fsp3) is 0.412. The lowest BCUT2D eigenvalue weighted by Gasteiger charge is -2.22. The number of carbonyl (C=O) groups is 1. The zero-order chi connectivity index (χ0) is 15.4. The average Bonchev–Trinajstić information content (AvgIpc) is 3.18. The average molecular weight is 352 g/mol. The Kier molecular flexibility index (Phi) is 6.16. The molecule has 1 saturated carbocycles. The summed E-state index contributed by atoms with van der Waals surface area (Å²) in [4.78, 5) is 16.8. The molecule has 2 aromatic rings. The number of nitrogens with zero attached hydrogens (tertiary/aromatic N) is 1. The summed E-state index contributed by atoms with van der Waals surface area (Å²) in [5.74, 6) is -0.0106. The molecule has 1 aliphatic rings. The van der Waals surface area contributed by atoms with Crippen molar-refractivity contribution in [3.05, 3.63) is 41.4 Å².